The van der Waals surface area contributed by atoms with Crippen LogP contribution in [-0.4, -0.2) is 14.5 Å². The van der Waals surface area contributed by atoms with Crippen molar-refractivity contribution in [1.82, 2.24) is 14.5 Å². The van der Waals surface area contributed by atoms with E-state index in [4.69, 9.17) is 28.2 Å². The average molecular weight is 388 g/mol. The monoisotopic (exact) mass is 387 g/mol. The highest BCUT2D eigenvalue weighted by Gasteiger charge is 2.34. The van der Waals surface area contributed by atoms with Gasteiger partial charge in [0.05, 0.1) is 16.2 Å². The van der Waals surface area contributed by atoms with Crippen LogP contribution < -0.4 is 0 Å². The van der Waals surface area contributed by atoms with E-state index < -0.39 is 0 Å². The summed E-state index contributed by atoms with van der Waals surface area (Å²) < 4.78 is 2.48. The Labute approximate surface area is 164 Å². The molecular formula is C21H23Cl2N3. The molecule has 0 bridgehead atoms. The standard InChI is InChI=1S/C21H23Cl2N3/c1-3-5-17(13-6-7-13)26-18-10-11-24-20(21(18)25-19(26)4-2)15-9-8-14(22)12-16(15)23/h8-13,17H,3-7H2,1-2H3. The van der Waals surface area contributed by atoms with Gasteiger partial charge in [0.1, 0.15) is 11.3 Å². The van der Waals surface area contributed by atoms with Gasteiger partial charge in [0.15, 0.2) is 0 Å². The second-order valence-electron chi connectivity index (χ2n) is 7.10. The van der Waals surface area contributed by atoms with Gasteiger partial charge in [-0.3, -0.25) is 4.98 Å². The lowest BCUT2D eigenvalue weighted by Gasteiger charge is -2.21. The third kappa shape index (κ3) is 3.12. The molecule has 1 aliphatic rings. The Morgan fingerprint density at radius 2 is 2.00 bits per heavy atom. The zero-order valence-corrected chi connectivity index (χ0v) is 16.7. The number of hydrogen-bond acceptors (Lipinski definition) is 2. The van der Waals surface area contributed by atoms with E-state index in [2.05, 4.69) is 29.5 Å². The molecular weight excluding hydrogens is 365 g/mol. The molecule has 4 rings (SSSR count). The smallest absolute Gasteiger partial charge is 0.115 e. The molecule has 1 unspecified atom stereocenters. The summed E-state index contributed by atoms with van der Waals surface area (Å²) in [5.74, 6) is 1.93. The predicted molar refractivity (Wildman–Crippen MR) is 109 cm³/mol. The Morgan fingerprint density at radius 1 is 1.19 bits per heavy atom. The summed E-state index contributed by atoms with van der Waals surface area (Å²) in [6, 6.07) is 8.18. The molecule has 1 atom stereocenters. The van der Waals surface area contributed by atoms with E-state index in [0.29, 0.717) is 16.1 Å². The van der Waals surface area contributed by atoms with Crippen LogP contribution in [0.15, 0.2) is 30.5 Å². The maximum Gasteiger partial charge on any atom is 0.115 e. The van der Waals surface area contributed by atoms with Crippen LogP contribution in [-0.2, 0) is 6.42 Å². The van der Waals surface area contributed by atoms with Crippen LogP contribution in [0.3, 0.4) is 0 Å². The van der Waals surface area contributed by atoms with Gasteiger partial charge >= 0.3 is 0 Å². The fourth-order valence-corrected chi connectivity index (χ4v) is 4.42. The van der Waals surface area contributed by atoms with Gasteiger partial charge < -0.3 is 4.57 Å². The lowest BCUT2D eigenvalue weighted by atomic mass is 10.1. The Kier molecular flexibility index (Phi) is 4.94. The summed E-state index contributed by atoms with van der Waals surface area (Å²) in [7, 11) is 0. The van der Waals surface area contributed by atoms with Crippen molar-refractivity contribution in [1.29, 1.82) is 0 Å². The first-order chi connectivity index (χ1) is 12.6. The first-order valence-electron chi connectivity index (χ1n) is 9.45. The lowest BCUT2D eigenvalue weighted by molar-refractivity contribution is 0.409. The minimum Gasteiger partial charge on any atom is -0.324 e. The summed E-state index contributed by atoms with van der Waals surface area (Å²) in [6.07, 6.45) is 7.82. The third-order valence-electron chi connectivity index (χ3n) is 5.27. The molecule has 1 fully saturated rings. The zero-order chi connectivity index (χ0) is 18.3. The molecule has 1 aromatic carbocycles. The van der Waals surface area contributed by atoms with Crippen LogP contribution in [0.1, 0.15) is 51.4 Å². The predicted octanol–water partition coefficient (Wildman–Crippen LogP) is 6.72. The molecule has 136 valence electrons. The van der Waals surface area contributed by atoms with E-state index >= 15 is 0 Å². The van der Waals surface area contributed by atoms with Crippen molar-refractivity contribution in [3.05, 3.63) is 46.3 Å². The number of fused-ring (bicyclic) bond motifs is 1. The Bertz CT molecular complexity index is 944. The number of hydrogen-bond donors (Lipinski definition) is 0. The van der Waals surface area contributed by atoms with Crippen LogP contribution in [0.25, 0.3) is 22.3 Å². The zero-order valence-electron chi connectivity index (χ0n) is 15.2. The van der Waals surface area contributed by atoms with E-state index in [1.807, 2.05) is 18.3 Å². The highest BCUT2D eigenvalue weighted by atomic mass is 35.5. The fourth-order valence-electron chi connectivity index (χ4n) is 3.92. The van der Waals surface area contributed by atoms with Gasteiger partial charge in [-0.2, -0.15) is 0 Å². The van der Waals surface area contributed by atoms with Gasteiger partial charge in [0.25, 0.3) is 0 Å². The van der Waals surface area contributed by atoms with E-state index in [9.17, 15) is 0 Å². The van der Waals surface area contributed by atoms with Gasteiger partial charge in [-0.15, -0.1) is 0 Å². The van der Waals surface area contributed by atoms with Crippen LogP contribution in [0.2, 0.25) is 10.0 Å². The van der Waals surface area contributed by atoms with Gasteiger partial charge in [0.2, 0.25) is 0 Å². The summed E-state index contributed by atoms with van der Waals surface area (Å²) in [5, 5.41) is 1.24. The van der Waals surface area contributed by atoms with Crippen LogP contribution in [0.5, 0.6) is 0 Å². The number of imidazole rings is 1. The molecule has 0 amide bonds. The first kappa shape index (κ1) is 17.8. The van der Waals surface area contributed by atoms with Gasteiger partial charge in [-0.1, -0.05) is 43.5 Å². The Morgan fingerprint density at radius 3 is 2.65 bits per heavy atom. The van der Waals surface area contributed by atoms with Crippen molar-refractivity contribution in [2.75, 3.05) is 0 Å². The van der Waals surface area contributed by atoms with Crippen molar-refractivity contribution in [2.45, 2.75) is 52.0 Å². The maximum atomic E-state index is 6.46. The minimum absolute atomic E-state index is 0.538. The van der Waals surface area contributed by atoms with Crippen molar-refractivity contribution in [2.24, 2.45) is 5.92 Å². The summed E-state index contributed by atoms with van der Waals surface area (Å²) >= 11 is 12.5. The number of benzene rings is 1. The number of rotatable bonds is 6. The topological polar surface area (TPSA) is 30.7 Å². The van der Waals surface area contributed by atoms with E-state index in [-0.39, 0.29) is 0 Å². The largest absolute Gasteiger partial charge is 0.324 e. The van der Waals surface area contributed by atoms with E-state index in [0.717, 1.165) is 34.9 Å². The molecule has 26 heavy (non-hydrogen) atoms. The number of halogens is 2. The van der Waals surface area contributed by atoms with Gasteiger partial charge in [-0.05, 0) is 49.4 Å². The number of nitrogens with zero attached hydrogens (tertiary/aromatic N) is 3. The molecule has 0 spiro atoms. The number of pyridine rings is 1. The maximum absolute atomic E-state index is 6.46. The van der Waals surface area contributed by atoms with Crippen molar-refractivity contribution in [3.8, 4) is 11.3 Å². The molecule has 1 aliphatic carbocycles. The van der Waals surface area contributed by atoms with Crippen molar-refractivity contribution in [3.63, 3.8) is 0 Å². The third-order valence-corrected chi connectivity index (χ3v) is 5.81. The van der Waals surface area contributed by atoms with E-state index in [1.165, 1.54) is 31.2 Å². The molecule has 1 saturated carbocycles. The summed E-state index contributed by atoms with van der Waals surface area (Å²) in [6.45, 7) is 4.44. The number of aromatic nitrogens is 3. The second-order valence-corrected chi connectivity index (χ2v) is 7.94. The van der Waals surface area contributed by atoms with Crippen molar-refractivity contribution >= 4 is 34.2 Å². The molecule has 3 aromatic rings. The molecule has 3 nitrogen and oxygen atoms in total. The molecule has 2 heterocycles. The molecule has 0 aliphatic heterocycles. The normalized spacial score (nSPS) is 15.5. The molecule has 0 N–H and O–H groups in total. The SMILES string of the molecule is CCCC(C1CC1)n1c(CC)nc2c(-c3ccc(Cl)cc3Cl)nccc21. The highest BCUT2D eigenvalue weighted by Crippen LogP contribution is 2.44. The first-order valence-corrected chi connectivity index (χ1v) is 10.2. The second kappa shape index (κ2) is 7.21. The Balaban J connectivity index is 1.92. The fraction of sp³-hybridized carbons (Fsp3) is 0.429. The summed E-state index contributed by atoms with van der Waals surface area (Å²) in [4.78, 5) is 9.61. The minimum atomic E-state index is 0.538. The van der Waals surface area contributed by atoms with Crippen LogP contribution >= 0.6 is 23.2 Å². The van der Waals surface area contributed by atoms with Gasteiger partial charge in [-0.25, -0.2) is 4.98 Å². The lowest BCUT2D eigenvalue weighted by Crippen LogP contribution is -2.14. The van der Waals surface area contributed by atoms with Crippen LogP contribution in [0.4, 0.5) is 0 Å². The van der Waals surface area contributed by atoms with Crippen molar-refractivity contribution < 1.29 is 0 Å². The quantitative estimate of drug-likeness (QED) is 0.469. The molecule has 0 saturated heterocycles. The highest BCUT2D eigenvalue weighted by molar-refractivity contribution is 6.36. The summed E-state index contributed by atoms with van der Waals surface area (Å²) in [5.41, 5.74) is 3.83. The molecule has 2 aromatic heterocycles. The molecule has 5 heteroatoms. The van der Waals surface area contributed by atoms with Gasteiger partial charge in [0, 0.05) is 29.2 Å². The Hall–Kier alpha value is -1.58. The average Bonchev–Trinajstić information content (AvgIpc) is 3.40. The molecule has 0 radical (unpaired) electrons. The van der Waals surface area contributed by atoms with Crippen LogP contribution in [0, 0.1) is 5.92 Å². The van der Waals surface area contributed by atoms with E-state index in [1.54, 1.807) is 6.07 Å². The number of aryl methyl sites for hydroxylation is 1.